The fourth-order valence-corrected chi connectivity index (χ4v) is 4.25. The maximum absolute atomic E-state index is 13.3. The van der Waals surface area contributed by atoms with Gasteiger partial charge in [0.15, 0.2) is 0 Å². The third-order valence-electron chi connectivity index (χ3n) is 3.88. The highest BCUT2D eigenvalue weighted by Gasteiger charge is 2.24. The van der Waals surface area contributed by atoms with Crippen LogP contribution in [0.2, 0.25) is 4.34 Å². The van der Waals surface area contributed by atoms with Crippen LogP contribution in [0, 0.1) is 5.82 Å². The second-order valence-corrected chi connectivity index (χ2v) is 7.09. The van der Waals surface area contributed by atoms with Crippen molar-refractivity contribution in [3.63, 3.8) is 0 Å². The van der Waals surface area contributed by atoms with Gasteiger partial charge in [-0.3, -0.25) is 0 Å². The van der Waals surface area contributed by atoms with Gasteiger partial charge in [-0.05, 0) is 55.5 Å². The first kappa shape index (κ1) is 14.1. The molecular weight excluding hydrogens is 293 g/mol. The summed E-state index contributed by atoms with van der Waals surface area (Å²) >= 11 is 7.82. The van der Waals surface area contributed by atoms with E-state index >= 15 is 0 Å². The first-order chi connectivity index (χ1) is 9.63. The number of hydrogen-bond donors (Lipinski definition) is 1. The van der Waals surface area contributed by atoms with Crippen molar-refractivity contribution in [2.45, 2.75) is 38.3 Å². The number of aryl methyl sites for hydroxylation is 1. The number of rotatable bonds is 3. The Morgan fingerprint density at radius 3 is 3.05 bits per heavy atom. The molecule has 2 atom stereocenters. The van der Waals surface area contributed by atoms with Crippen LogP contribution in [0.4, 0.5) is 4.39 Å². The Balaban J connectivity index is 1.78. The lowest BCUT2D eigenvalue weighted by molar-refractivity contribution is 0.417. The quantitative estimate of drug-likeness (QED) is 0.814. The molecule has 106 valence electrons. The molecule has 0 aliphatic heterocycles. The summed E-state index contributed by atoms with van der Waals surface area (Å²) in [5, 5.41) is 3.61. The molecule has 0 radical (unpaired) electrons. The molecule has 1 aromatic carbocycles. The van der Waals surface area contributed by atoms with Gasteiger partial charge in [-0.2, -0.15) is 0 Å². The van der Waals surface area contributed by atoms with Gasteiger partial charge in [-0.25, -0.2) is 4.39 Å². The maximum atomic E-state index is 13.3. The van der Waals surface area contributed by atoms with E-state index in [2.05, 4.69) is 18.3 Å². The summed E-state index contributed by atoms with van der Waals surface area (Å²) in [5.74, 6) is -0.181. The lowest BCUT2D eigenvalue weighted by atomic mass is 9.93. The monoisotopic (exact) mass is 309 g/mol. The van der Waals surface area contributed by atoms with Crippen LogP contribution in [-0.4, -0.2) is 0 Å². The normalized spacial score (nSPS) is 19.6. The summed E-state index contributed by atoms with van der Waals surface area (Å²) in [4.78, 5) is 1.39. The van der Waals surface area contributed by atoms with E-state index in [1.807, 2.05) is 6.07 Å². The van der Waals surface area contributed by atoms with Crippen LogP contribution in [0.3, 0.4) is 0 Å². The summed E-state index contributed by atoms with van der Waals surface area (Å²) in [6.45, 7) is 2.08. The zero-order valence-electron chi connectivity index (χ0n) is 11.3. The highest BCUT2D eigenvalue weighted by Crippen LogP contribution is 2.38. The van der Waals surface area contributed by atoms with Gasteiger partial charge in [0.05, 0.1) is 4.34 Å². The molecule has 0 bridgehead atoms. The van der Waals surface area contributed by atoms with E-state index in [0.29, 0.717) is 6.04 Å². The molecule has 3 rings (SSSR count). The van der Waals surface area contributed by atoms with Gasteiger partial charge >= 0.3 is 0 Å². The first-order valence-corrected chi connectivity index (χ1v) is 8.12. The number of fused-ring (bicyclic) bond motifs is 1. The Hall–Kier alpha value is -0.900. The van der Waals surface area contributed by atoms with E-state index in [0.717, 1.165) is 22.7 Å². The molecule has 2 aromatic rings. The Labute approximate surface area is 127 Å². The molecule has 0 amide bonds. The van der Waals surface area contributed by atoms with Gasteiger partial charge in [0.25, 0.3) is 0 Å². The zero-order chi connectivity index (χ0) is 14.1. The summed E-state index contributed by atoms with van der Waals surface area (Å²) in [6.07, 6.45) is 3.41. The maximum Gasteiger partial charge on any atom is 0.123 e. The average molecular weight is 310 g/mol. The zero-order valence-corrected chi connectivity index (χ0v) is 12.9. The van der Waals surface area contributed by atoms with Crippen molar-refractivity contribution >= 4 is 22.9 Å². The van der Waals surface area contributed by atoms with E-state index in [4.69, 9.17) is 11.6 Å². The molecule has 1 nitrogen and oxygen atoms in total. The summed E-state index contributed by atoms with van der Waals surface area (Å²) < 4.78 is 14.2. The molecule has 0 spiro atoms. The highest BCUT2D eigenvalue weighted by molar-refractivity contribution is 7.16. The molecule has 0 saturated heterocycles. The Morgan fingerprint density at radius 2 is 2.25 bits per heavy atom. The van der Waals surface area contributed by atoms with E-state index in [1.165, 1.54) is 22.9 Å². The van der Waals surface area contributed by atoms with Crippen molar-refractivity contribution in [1.82, 2.24) is 5.32 Å². The minimum absolute atomic E-state index is 0.125. The largest absolute Gasteiger partial charge is 0.303 e. The molecular formula is C16H17ClFNS. The van der Waals surface area contributed by atoms with Crippen LogP contribution in [0.5, 0.6) is 0 Å². The van der Waals surface area contributed by atoms with Gasteiger partial charge in [0.1, 0.15) is 5.82 Å². The van der Waals surface area contributed by atoms with Gasteiger partial charge < -0.3 is 5.32 Å². The minimum atomic E-state index is -0.181. The third kappa shape index (κ3) is 2.90. The predicted octanol–water partition coefficient (Wildman–Crippen LogP) is 5.27. The predicted molar refractivity (Wildman–Crippen MR) is 83.0 cm³/mol. The smallest absolute Gasteiger partial charge is 0.123 e. The SMILES string of the molecule is CC(NC1CCCc2sc(Cl)cc21)c1cccc(F)c1. The summed E-state index contributed by atoms with van der Waals surface area (Å²) in [5.41, 5.74) is 2.31. The van der Waals surface area contributed by atoms with Crippen LogP contribution in [0.15, 0.2) is 30.3 Å². The van der Waals surface area contributed by atoms with Crippen molar-refractivity contribution in [3.8, 4) is 0 Å². The Bertz CT molecular complexity index is 610. The van der Waals surface area contributed by atoms with Crippen LogP contribution in [0.1, 0.15) is 47.9 Å². The highest BCUT2D eigenvalue weighted by atomic mass is 35.5. The Morgan fingerprint density at radius 1 is 1.40 bits per heavy atom. The fourth-order valence-electron chi connectivity index (χ4n) is 2.87. The molecule has 1 aliphatic rings. The molecule has 20 heavy (non-hydrogen) atoms. The van der Waals surface area contributed by atoms with Gasteiger partial charge in [0, 0.05) is 17.0 Å². The van der Waals surface area contributed by atoms with Crippen LogP contribution >= 0.6 is 22.9 Å². The molecule has 1 aliphatic carbocycles. The number of halogens is 2. The second kappa shape index (κ2) is 5.84. The number of thiophene rings is 1. The summed E-state index contributed by atoms with van der Waals surface area (Å²) in [7, 11) is 0. The van der Waals surface area contributed by atoms with Crippen LogP contribution < -0.4 is 5.32 Å². The number of hydrogen-bond acceptors (Lipinski definition) is 2. The average Bonchev–Trinajstić information content (AvgIpc) is 2.80. The molecule has 1 aromatic heterocycles. The molecule has 0 saturated carbocycles. The van der Waals surface area contributed by atoms with Gasteiger partial charge in [-0.1, -0.05) is 23.7 Å². The van der Waals surface area contributed by atoms with Crippen molar-refractivity contribution < 1.29 is 4.39 Å². The minimum Gasteiger partial charge on any atom is -0.303 e. The van der Waals surface area contributed by atoms with Crippen molar-refractivity contribution in [2.24, 2.45) is 0 Å². The van der Waals surface area contributed by atoms with Crippen molar-refractivity contribution in [2.75, 3.05) is 0 Å². The molecule has 1 heterocycles. The molecule has 0 fully saturated rings. The third-order valence-corrected chi connectivity index (χ3v) is 5.22. The molecule has 1 N–H and O–H groups in total. The number of benzene rings is 1. The first-order valence-electron chi connectivity index (χ1n) is 6.93. The van der Waals surface area contributed by atoms with Crippen LogP contribution in [-0.2, 0) is 6.42 Å². The second-order valence-electron chi connectivity index (χ2n) is 5.32. The Kier molecular flexibility index (Phi) is 4.11. The van der Waals surface area contributed by atoms with E-state index < -0.39 is 0 Å². The molecule has 2 unspecified atom stereocenters. The molecule has 4 heteroatoms. The van der Waals surface area contributed by atoms with Gasteiger partial charge in [-0.15, -0.1) is 11.3 Å². The lowest BCUT2D eigenvalue weighted by Gasteiger charge is -2.27. The fraction of sp³-hybridized carbons (Fsp3) is 0.375. The van der Waals surface area contributed by atoms with Crippen molar-refractivity contribution in [1.29, 1.82) is 0 Å². The van der Waals surface area contributed by atoms with E-state index in [1.54, 1.807) is 23.5 Å². The summed E-state index contributed by atoms with van der Waals surface area (Å²) in [6, 6.07) is 9.33. The van der Waals surface area contributed by atoms with Crippen LogP contribution in [0.25, 0.3) is 0 Å². The van der Waals surface area contributed by atoms with E-state index in [-0.39, 0.29) is 11.9 Å². The van der Waals surface area contributed by atoms with Gasteiger partial charge in [0.2, 0.25) is 0 Å². The van der Waals surface area contributed by atoms with Crippen molar-refractivity contribution in [3.05, 3.63) is 56.5 Å². The standard InChI is InChI=1S/C16H17ClFNS/c1-10(11-4-2-5-12(18)8-11)19-14-6-3-7-15-13(14)9-16(17)20-15/h2,4-5,8-10,14,19H,3,6-7H2,1H3. The lowest BCUT2D eigenvalue weighted by Crippen LogP contribution is -2.27. The topological polar surface area (TPSA) is 12.0 Å². The number of nitrogens with one attached hydrogen (secondary N) is 1. The van der Waals surface area contributed by atoms with E-state index in [9.17, 15) is 4.39 Å².